The van der Waals surface area contributed by atoms with E-state index in [4.69, 9.17) is 10.8 Å². The monoisotopic (exact) mass is 434 g/mol. The summed E-state index contributed by atoms with van der Waals surface area (Å²) in [6, 6.07) is 15.3. The number of hydrogen-bond donors (Lipinski definition) is 5. The molecule has 0 aliphatic carbocycles. The van der Waals surface area contributed by atoms with Gasteiger partial charge in [0.05, 0.1) is 23.7 Å². The van der Waals surface area contributed by atoms with E-state index in [2.05, 4.69) is 38.1 Å². The van der Waals surface area contributed by atoms with Gasteiger partial charge in [0.25, 0.3) is 0 Å². The molecule has 168 valence electrons. The van der Waals surface area contributed by atoms with Crippen molar-refractivity contribution >= 4 is 28.9 Å². The second kappa shape index (κ2) is 11.2. The van der Waals surface area contributed by atoms with Crippen LogP contribution in [0.25, 0.3) is 11.3 Å². The molecule has 0 aliphatic rings. The molecule has 0 saturated carbocycles. The molecule has 2 aromatic carbocycles. The highest BCUT2D eigenvalue weighted by atomic mass is 16.3. The fourth-order valence-electron chi connectivity index (χ4n) is 3.01. The first kappa shape index (κ1) is 23.2. The lowest BCUT2D eigenvalue weighted by molar-refractivity contribution is -0.118. The summed E-state index contributed by atoms with van der Waals surface area (Å²) >= 11 is 0. The lowest BCUT2D eigenvalue weighted by Gasteiger charge is -2.12. The van der Waals surface area contributed by atoms with Crippen LogP contribution in [0.3, 0.4) is 0 Å². The van der Waals surface area contributed by atoms with Crippen LogP contribution in [-0.2, 0) is 11.2 Å². The van der Waals surface area contributed by atoms with Gasteiger partial charge in [-0.05, 0) is 48.9 Å². The zero-order valence-electron chi connectivity index (χ0n) is 18.4. The molecule has 0 radical (unpaired) electrons. The highest BCUT2D eigenvalue weighted by Crippen LogP contribution is 2.27. The third-order valence-electron chi connectivity index (χ3n) is 4.87. The van der Waals surface area contributed by atoms with E-state index in [0.717, 1.165) is 29.9 Å². The van der Waals surface area contributed by atoms with Crippen molar-refractivity contribution in [1.82, 2.24) is 15.3 Å². The van der Waals surface area contributed by atoms with E-state index in [1.54, 1.807) is 18.3 Å². The van der Waals surface area contributed by atoms with Gasteiger partial charge in [0.2, 0.25) is 11.9 Å². The Hall–Kier alpha value is -3.49. The molecule has 0 aliphatic heterocycles. The maximum atomic E-state index is 11.9. The van der Waals surface area contributed by atoms with Crippen molar-refractivity contribution < 1.29 is 9.90 Å². The molecule has 32 heavy (non-hydrogen) atoms. The number of aliphatic hydroxyl groups is 1. The standard InChI is InChI=1S/C24H30N6O2/c1-16(2)23(32)29-22-8-5-18(15-20(22)25)21-10-12-27-24(30-21)28-19-6-3-17(4-7-19)9-11-26-13-14-31/h3-8,10,12,15-16,26,31H,9,11,13-14,25H2,1-2H3,(H,29,32)(H,27,28,30). The average molecular weight is 435 g/mol. The van der Waals surface area contributed by atoms with E-state index in [9.17, 15) is 4.79 Å². The number of nitrogen functional groups attached to an aromatic ring is 1. The van der Waals surface area contributed by atoms with E-state index < -0.39 is 0 Å². The van der Waals surface area contributed by atoms with Gasteiger partial charge < -0.3 is 26.8 Å². The number of amides is 1. The molecule has 3 aromatic rings. The summed E-state index contributed by atoms with van der Waals surface area (Å²) < 4.78 is 0. The molecule has 6 N–H and O–H groups in total. The Kier molecular flexibility index (Phi) is 8.13. The number of aliphatic hydroxyl groups excluding tert-OH is 1. The van der Waals surface area contributed by atoms with E-state index in [1.807, 2.05) is 38.1 Å². The van der Waals surface area contributed by atoms with Crippen LogP contribution >= 0.6 is 0 Å². The van der Waals surface area contributed by atoms with Crippen LogP contribution in [0.1, 0.15) is 19.4 Å². The summed E-state index contributed by atoms with van der Waals surface area (Å²) in [4.78, 5) is 20.8. The molecule has 0 unspecified atom stereocenters. The number of nitrogens with zero attached hydrogens (tertiary/aromatic N) is 2. The van der Waals surface area contributed by atoms with Crippen LogP contribution in [-0.4, -0.2) is 40.7 Å². The molecular weight excluding hydrogens is 404 g/mol. The molecule has 0 fully saturated rings. The van der Waals surface area contributed by atoms with Gasteiger partial charge in [-0.25, -0.2) is 9.97 Å². The normalized spacial score (nSPS) is 10.9. The molecule has 0 spiro atoms. The number of anilines is 4. The summed E-state index contributed by atoms with van der Waals surface area (Å²) in [7, 11) is 0. The predicted octanol–water partition coefficient (Wildman–Crippen LogP) is 3.19. The topological polar surface area (TPSA) is 125 Å². The minimum absolute atomic E-state index is 0.0783. The maximum absolute atomic E-state index is 11.9. The van der Waals surface area contributed by atoms with Crippen molar-refractivity contribution in [3.63, 3.8) is 0 Å². The number of carbonyl (C=O) groups excluding carboxylic acids is 1. The van der Waals surface area contributed by atoms with Crippen LogP contribution in [0.5, 0.6) is 0 Å². The molecule has 8 nitrogen and oxygen atoms in total. The quantitative estimate of drug-likeness (QED) is 0.245. The Morgan fingerprint density at radius 3 is 2.56 bits per heavy atom. The van der Waals surface area contributed by atoms with Crippen molar-refractivity contribution in [1.29, 1.82) is 0 Å². The maximum Gasteiger partial charge on any atom is 0.227 e. The first-order valence-electron chi connectivity index (χ1n) is 10.7. The number of nitrogens with two attached hydrogens (primary N) is 1. The number of hydrogen-bond acceptors (Lipinski definition) is 7. The molecule has 1 amide bonds. The van der Waals surface area contributed by atoms with Gasteiger partial charge in [0, 0.05) is 29.9 Å². The molecule has 8 heteroatoms. The number of benzene rings is 2. The minimum atomic E-state index is -0.124. The second-order valence-electron chi connectivity index (χ2n) is 7.76. The van der Waals surface area contributed by atoms with Gasteiger partial charge in [0.15, 0.2) is 0 Å². The molecule has 0 atom stereocenters. The van der Waals surface area contributed by atoms with Crippen molar-refractivity contribution in [3.8, 4) is 11.3 Å². The second-order valence-corrected chi connectivity index (χ2v) is 7.76. The highest BCUT2D eigenvalue weighted by Gasteiger charge is 2.11. The Balaban J connectivity index is 1.66. The van der Waals surface area contributed by atoms with E-state index in [0.29, 0.717) is 23.9 Å². The minimum Gasteiger partial charge on any atom is -0.397 e. The fourth-order valence-corrected chi connectivity index (χ4v) is 3.01. The van der Waals surface area contributed by atoms with E-state index >= 15 is 0 Å². The summed E-state index contributed by atoms with van der Waals surface area (Å²) in [6.07, 6.45) is 2.58. The van der Waals surface area contributed by atoms with Crippen LogP contribution in [0.4, 0.5) is 23.0 Å². The summed E-state index contributed by atoms with van der Waals surface area (Å²) in [5.74, 6) is 0.280. The first-order valence-corrected chi connectivity index (χ1v) is 10.7. The number of aromatic nitrogens is 2. The van der Waals surface area contributed by atoms with E-state index in [-0.39, 0.29) is 18.4 Å². The number of carbonyl (C=O) groups is 1. The first-order chi connectivity index (χ1) is 15.5. The van der Waals surface area contributed by atoms with Crippen LogP contribution in [0.15, 0.2) is 54.7 Å². The van der Waals surface area contributed by atoms with Crippen molar-refractivity contribution in [2.45, 2.75) is 20.3 Å². The summed E-state index contributed by atoms with van der Waals surface area (Å²) in [6.45, 7) is 5.24. The van der Waals surface area contributed by atoms with E-state index in [1.165, 1.54) is 5.56 Å². The largest absolute Gasteiger partial charge is 0.397 e. The lowest BCUT2D eigenvalue weighted by Crippen LogP contribution is -2.20. The average Bonchev–Trinajstić information content (AvgIpc) is 2.79. The summed E-state index contributed by atoms with van der Waals surface area (Å²) in [5, 5.41) is 18.0. The molecule has 0 bridgehead atoms. The Morgan fingerprint density at radius 1 is 1.09 bits per heavy atom. The van der Waals surface area contributed by atoms with Crippen LogP contribution in [0, 0.1) is 5.92 Å². The van der Waals surface area contributed by atoms with Gasteiger partial charge in [0.1, 0.15) is 0 Å². The zero-order valence-corrected chi connectivity index (χ0v) is 18.4. The van der Waals surface area contributed by atoms with Gasteiger partial charge in [-0.3, -0.25) is 4.79 Å². The van der Waals surface area contributed by atoms with Gasteiger partial charge in [-0.15, -0.1) is 0 Å². The van der Waals surface area contributed by atoms with Crippen molar-refractivity contribution in [3.05, 3.63) is 60.3 Å². The predicted molar refractivity (Wildman–Crippen MR) is 129 cm³/mol. The third kappa shape index (κ3) is 6.50. The highest BCUT2D eigenvalue weighted by molar-refractivity contribution is 5.95. The zero-order chi connectivity index (χ0) is 22.9. The third-order valence-corrected chi connectivity index (χ3v) is 4.87. The van der Waals surface area contributed by atoms with Gasteiger partial charge in [-0.1, -0.05) is 32.0 Å². The Morgan fingerprint density at radius 2 is 1.88 bits per heavy atom. The smallest absolute Gasteiger partial charge is 0.227 e. The molecular formula is C24H30N6O2. The molecule has 3 rings (SSSR count). The van der Waals surface area contributed by atoms with Gasteiger partial charge in [-0.2, -0.15) is 0 Å². The van der Waals surface area contributed by atoms with Crippen LogP contribution in [0.2, 0.25) is 0 Å². The Bertz CT molecular complexity index is 1040. The molecule has 0 saturated heterocycles. The fraction of sp³-hybridized carbons (Fsp3) is 0.292. The number of rotatable bonds is 10. The van der Waals surface area contributed by atoms with Crippen molar-refractivity contribution in [2.24, 2.45) is 5.92 Å². The Labute approximate surface area is 188 Å². The molecule has 1 heterocycles. The van der Waals surface area contributed by atoms with Crippen molar-refractivity contribution in [2.75, 3.05) is 36.1 Å². The SMILES string of the molecule is CC(C)C(=O)Nc1ccc(-c2ccnc(Nc3ccc(CCNCCO)cc3)n2)cc1N. The lowest BCUT2D eigenvalue weighted by atomic mass is 10.1. The molecule has 1 aromatic heterocycles. The number of nitrogens with one attached hydrogen (secondary N) is 3. The summed E-state index contributed by atoms with van der Waals surface area (Å²) in [5.41, 5.74) is 10.9. The van der Waals surface area contributed by atoms with Gasteiger partial charge >= 0.3 is 0 Å². The van der Waals surface area contributed by atoms with Crippen LogP contribution < -0.4 is 21.7 Å².